The van der Waals surface area contributed by atoms with Gasteiger partial charge in [-0.2, -0.15) is 15.0 Å². The van der Waals surface area contributed by atoms with E-state index in [2.05, 4.69) is 25.3 Å². The van der Waals surface area contributed by atoms with Gasteiger partial charge in [-0.1, -0.05) is 0 Å². The standard InChI is InChI=1S/C11H14ClN5OS/c1-3-13-10-15-9(12)16-11(17-10)18-5-4-8-7(2)14-6-19-8/h6H,3-5H2,1-2H3,(H,13,15,16,17). The highest BCUT2D eigenvalue weighted by atomic mass is 35.5. The predicted octanol–water partition coefficient (Wildman–Crippen LogP) is 2.34. The van der Waals surface area contributed by atoms with Gasteiger partial charge in [0.05, 0.1) is 17.8 Å². The number of aromatic nitrogens is 4. The first-order valence-electron chi connectivity index (χ1n) is 5.86. The fourth-order valence-electron chi connectivity index (χ4n) is 1.43. The summed E-state index contributed by atoms with van der Waals surface area (Å²) in [5.74, 6) is 0.423. The normalized spacial score (nSPS) is 10.5. The van der Waals surface area contributed by atoms with Crippen molar-refractivity contribution >= 4 is 28.9 Å². The van der Waals surface area contributed by atoms with E-state index in [4.69, 9.17) is 16.3 Å². The van der Waals surface area contributed by atoms with E-state index in [1.165, 1.54) is 4.88 Å². The first-order valence-corrected chi connectivity index (χ1v) is 7.12. The van der Waals surface area contributed by atoms with Crippen molar-refractivity contribution in [2.75, 3.05) is 18.5 Å². The largest absolute Gasteiger partial charge is 0.463 e. The van der Waals surface area contributed by atoms with E-state index in [0.717, 1.165) is 12.1 Å². The number of nitrogens with zero attached hydrogens (tertiary/aromatic N) is 4. The van der Waals surface area contributed by atoms with E-state index in [-0.39, 0.29) is 11.3 Å². The van der Waals surface area contributed by atoms with Crippen LogP contribution in [-0.2, 0) is 6.42 Å². The lowest BCUT2D eigenvalue weighted by Gasteiger charge is -2.06. The molecule has 2 heterocycles. The van der Waals surface area contributed by atoms with Crippen LogP contribution in [-0.4, -0.2) is 33.1 Å². The third kappa shape index (κ3) is 4.00. The van der Waals surface area contributed by atoms with Gasteiger partial charge in [0.1, 0.15) is 0 Å². The summed E-state index contributed by atoms with van der Waals surface area (Å²) in [7, 11) is 0. The van der Waals surface area contributed by atoms with Crippen molar-refractivity contribution < 1.29 is 4.74 Å². The molecule has 0 atom stereocenters. The fraction of sp³-hybridized carbons (Fsp3) is 0.455. The van der Waals surface area contributed by atoms with Gasteiger partial charge < -0.3 is 10.1 Å². The summed E-state index contributed by atoms with van der Waals surface area (Å²) in [5, 5.41) is 3.09. The van der Waals surface area contributed by atoms with Crippen LogP contribution in [0, 0.1) is 6.92 Å². The van der Waals surface area contributed by atoms with Gasteiger partial charge in [0.2, 0.25) is 11.2 Å². The average molecular weight is 300 g/mol. The van der Waals surface area contributed by atoms with Gasteiger partial charge in [-0.3, -0.25) is 0 Å². The Bertz CT molecular complexity index is 548. The number of nitrogens with one attached hydrogen (secondary N) is 1. The van der Waals surface area contributed by atoms with Crippen molar-refractivity contribution in [2.24, 2.45) is 0 Å². The van der Waals surface area contributed by atoms with Gasteiger partial charge >= 0.3 is 6.01 Å². The first-order chi connectivity index (χ1) is 9.19. The van der Waals surface area contributed by atoms with Crippen molar-refractivity contribution in [1.29, 1.82) is 0 Å². The molecule has 2 aromatic rings. The monoisotopic (exact) mass is 299 g/mol. The lowest BCUT2D eigenvalue weighted by molar-refractivity contribution is 0.296. The summed E-state index contributed by atoms with van der Waals surface area (Å²) in [6.45, 7) is 5.12. The fourth-order valence-corrected chi connectivity index (χ4v) is 2.35. The Kier molecular flexibility index (Phi) is 4.86. The molecule has 8 heteroatoms. The molecule has 2 aromatic heterocycles. The van der Waals surface area contributed by atoms with Gasteiger partial charge in [0, 0.05) is 17.8 Å². The molecule has 0 unspecified atom stereocenters. The summed E-state index contributed by atoms with van der Waals surface area (Å²) in [4.78, 5) is 17.4. The maximum Gasteiger partial charge on any atom is 0.322 e. The van der Waals surface area contributed by atoms with Gasteiger partial charge in [0.15, 0.2) is 0 Å². The molecule has 102 valence electrons. The SMILES string of the molecule is CCNc1nc(Cl)nc(OCCc2scnc2C)n1. The zero-order valence-corrected chi connectivity index (χ0v) is 12.3. The smallest absolute Gasteiger partial charge is 0.322 e. The first kappa shape index (κ1) is 14.0. The second-order valence-corrected chi connectivity index (χ2v) is 4.98. The number of thiazole rings is 1. The van der Waals surface area contributed by atoms with E-state index in [1.807, 2.05) is 19.4 Å². The zero-order valence-electron chi connectivity index (χ0n) is 10.7. The van der Waals surface area contributed by atoms with Crippen LogP contribution >= 0.6 is 22.9 Å². The minimum Gasteiger partial charge on any atom is -0.463 e. The van der Waals surface area contributed by atoms with Crippen LogP contribution in [0.25, 0.3) is 0 Å². The number of hydrogen-bond donors (Lipinski definition) is 1. The molecule has 0 spiro atoms. The van der Waals surface area contributed by atoms with E-state index in [9.17, 15) is 0 Å². The zero-order chi connectivity index (χ0) is 13.7. The summed E-state index contributed by atoms with van der Waals surface area (Å²) < 4.78 is 5.49. The number of rotatable bonds is 6. The quantitative estimate of drug-likeness (QED) is 0.882. The third-order valence-electron chi connectivity index (χ3n) is 2.33. The molecule has 0 aliphatic rings. The Hall–Kier alpha value is -1.47. The van der Waals surface area contributed by atoms with Crippen LogP contribution in [0.2, 0.25) is 5.28 Å². The summed E-state index contributed by atoms with van der Waals surface area (Å²) in [6, 6.07) is 0.234. The molecule has 0 bridgehead atoms. The maximum atomic E-state index is 5.80. The molecule has 1 N–H and O–H groups in total. The van der Waals surface area contributed by atoms with Crippen LogP contribution < -0.4 is 10.1 Å². The van der Waals surface area contributed by atoms with Gasteiger partial charge in [0.25, 0.3) is 0 Å². The molecule has 6 nitrogen and oxygen atoms in total. The lowest BCUT2D eigenvalue weighted by Crippen LogP contribution is -2.08. The maximum absolute atomic E-state index is 5.80. The van der Waals surface area contributed by atoms with E-state index < -0.39 is 0 Å². The van der Waals surface area contributed by atoms with Crippen molar-refractivity contribution in [3.05, 3.63) is 21.4 Å². The van der Waals surface area contributed by atoms with E-state index in [0.29, 0.717) is 19.1 Å². The van der Waals surface area contributed by atoms with Crippen molar-refractivity contribution in [3.8, 4) is 6.01 Å². The number of hydrogen-bond acceptors (Lipinski definition) is 7. The van der Waals surface area contributed by atoms with Crippen molar-refractivity contribution in [1.82, 2.24) is 19.9 Å². The highest BCUT2D eigenvalue weighted by Gasteiger charge is 2.06. The lowest BCUT2D eigenvalue weighted by atomic mass is 10.3. The molecule has 0 aliphatic heterocycles. The Morgan fingerprint density at radius 3 is 2.89 bits per heavy atom. The summed E-state index contributed by atoms with van der Waals surface area (Å²) in [5.41, 5.74) is 2.86. The molecular weight excluding hydrogens is 286 g/mol. The van der Waals surface area contributed by atoms with E-state index in [1.54, 1.807) is 11.3 Å². The molecule has 2 rings (SSSR count). The van der Waals surface area contributed by atoms with Crippen LogP contribution in [0.4, 0.5) is 5.95 Å². The Morgan fingerprint density at radius 1 is 1.37 bits per heavy atom. The van der Waals surface area contributed by atoms with Crippen LogP contribution in [0.1, 0.15) is 17.5 Å². The Labute approximate surface area is 120 Å². The number of anilines is 1. The highest BCUT2D eigenvalue weighted by molar-refractivity contribution is 7.09. The summed E-state index contributed by atoms with van der Waals surface area (Å²) >= 11 is 7.42. The molecular formula is C11H14ClN5OS. The Morgan fingerprint density at radius 2 is 2.21 bits per heavy atom. The van der Waals surface area contributed by atoms with Gasteiger partial charge in [-0.25, -0.2) is 4.98 Å². The molecule has 0 aliphatic carbocycles. The molecule has 0 saturated heterocycles. The van der Waals surface area contributed by atoms with Crippen LogP contribution in [0.15, 0.2) is 5.51 Å². The van der Waals surface area contributed by atoms with Crippen LogP contribution in [0.3, 0.4) is 0 Å². The van der Waals surface area contributed by atoms with Gasteiger partial charge in [-0.05, 0) is 25.4 Å². The van der Waals surface area contributed by atoms with E-state index >= 15 is 0 Å². The minimum absolute atomic E-state index is 0.120. The average Bonchev–Trinajstić information content (AvgIpc) is 2.75. The Balaban J connectivity index is 1.94. The molecule has 19 heavy (non-hydrogen) atoms. The summed E-state index contributed by atoms with van der Waals surface area (Å²) in [6.07, 6.45) is 0.774. The molecule has 0 saturated carbocycles. The van der Waals surface area contributed by atoms with Crippen molar-refractivity contribution in [3.63, 3.8) is 0 Å². The second kappa shape index (κ2) is 6.63. The van der Waals surface area contributed by atoms with Crippen molar-refractivity contribution in [2.45, 2.75) is 20.3 Å². The third-order valence-corrected chi connectivity index (χ3v) is 3.49. The van der Waals surface area contributed by atoms with Crippen LogP contribution in [0.5, 0.6) is 6.01 Å². The minimum atomic E-state index is 0.120. The second-order valence-electron chi connectivity index (χ2n) is 3.70. The molecule has 0 amide bonds. The molecule has 0 aromatic carbocycles. The topological polar surface area (TPSA) is 72.8 Å². The van der Waals surface area contributed by atoms with Gasteiger partial charge in [-0.15, -0.1) is 11.3 Å². The predicted molar refractivity (Wildman–Crippen MR) is 75.1 cm³/mol. The number of halogens is 1. The molecule has 0 fully saturated rings. The number of ether oxygens (including phenoxy) is 1. The molecule has 0 radical (unpaired) electrons. The highest BCUT2D eigenvalue weighted by Crippen LogP contribution is 2.14. The number of aryl methyl sites for hydroxylation is 1.